The van der Waals surface area contributed by atoms with Gasteiger partial charge in [0.1, 0.15) is 0 Å². The quantitative estimate of drug-likeness (QED) is 0.781. The molecule has 0 unspecified atom stereocenters. The van der Waals surface area contributed by atoms with E-state index in [1.54, 1.807) is 40.5 Å². The van der Waals surface area contributed by atoms with Gasteiger partial charge in [-0.1, -0.05) is 6.07 Å². The molecule has 1 aliphatic heterocycles. The highest BCUT2D eigenvalue weighted by Gasteiger charge is 2.21. The van der Waals surface area contributed by atoms with Crippen LogP contribution in [-0.4, -0.2) is 37.4 Å². The van der Waals surface area contributed by atoms with Crippen molar-refractivity contribution in [2.45, 2.75) is 19.3 Å². The van der Waals surface area contributed by atoms with Gasteiger partial charge in [-0.3, -0.25) is 14.4 Å². The fourth-order valence-electron chi connectivity index (χ4n) is 2.82. The third-order valence-corrected chi connectivity index (χ3v) is 5.13. The zero-order chi connectivity index (χ0) is 18.4. The number of carbonyl (C=O) groups is 3. The summed E-state index contributed by atoms with van der Waals surface area (Å²) in [5.74, 6) is -0.409. The third-order valence-electron chi connectivity index (χ3n) is 4.20. The van der Waals surface area contributed by atoms with Gasteiger partial charge in [0, 0.05) is 35.6 Å². The number of amides is 3. The molecule has 0 saturated carbocycles. The molecule has 0 spiro atoms. The molecule has 136 valence electrons. The predicted octanol–water partition coefficient (Wildman–Crippen LogP) is 1.96. The molecule has 3 rings (SSSR count). The van der Waals surface area contributed by atoms with Crippen LogP contribution in [0, 0.1) is 0 Å². The van der Waals surface area contributed by atoms with Crippen LogP contribution in [0.4, 0.5) is 5.69 Å². The maximum absolute atomic E-state index is 12.1. The van der Waals surface area contributed by atoms with E-state index in [0.717, 1.165) is 25.1 Å². The van der Waals surface area contributed by atoms with Gasteiger partial charge in [-0.15, -0.1) is 11.3 Å². The molecule has 1 aliphatic rings. The van der Waals surface area contributed by atoms with E-state index in [1.807, 2.05) is 17.5 Å². The lowest BCUT2D eigenvalue weighted by Gasteiger charge is -2.15. The summed E-state index contributed by atoms with van der Waals surface area (Å²) in [6, 6.07) is 10.9. The monoisotopic (exact) mass is 371 g/mol. The van der Waals surface area contributed by atoms with E-state index in [-0.39, 0.29) is 24.3 Å². The number of hydrogen-bond acceptors (Lipinski definition) is 4. The van der Waals surface area contributed by atoms with Gasteiger partial charge >= 0.3 is 0 Å². The third kappa shape index (κ3) is 4.70. The van der Waals surface area contributed by atoms with Crippen molar-refractivity contribution in [3.8, 4) is 0 Å². The Labute approximate surface area is 156 Å². The normalized spacial score (nSPS) is 13.7. The second-order valence-electron chi connectivity index (χ2n) is 6.06. The topological polar surface area (TPSA) is 78.5 Å². The van der Waals surface area contributed by atoms with Crippen molar-refractivity contribution in [1.29, 1.82) is 0 Å². The molecule has 1 aromatic heterocycles. The lowest BCUT2D eigenvalue weighted by Crippen LogP contribution is -2.37. The molecule has 1 aromatic carbocycles. The van der Waals surface area contributed by atoms with E-state index in [9.17, 15) is 14.4 Å². The Kier molecular flexibility index (Phi) is 6.01. The molecule has 2 N–H and O–H groups in total. The Bertz CT molecular complexity index is 772. The Morgan fingerprint density at radius 1 is 1.12 bits per heavy atom. The minimum absolute atomic E-state index is 0.0599. The minimum atomic E-state index is -0.308. The fourth-order valence-corrected chi connectivity index (χ4v) is 3.53. The Morgan fingerprint density at radius 2 is 1.92 bits per heavy atom. The lowest BCUT2D eigenvalue weighted by molar-refractivity contribution is -0.120. The number of benzene rings is 1. The molecule has 1 fully saturated rings. The van der Waals surface area contributed by atoms with Crippen LogP contribution in [0.15, 0.2) is 41.8 Å². The first kappa shape index (κ1) is 18.1. The largest absolute Gasteiger partial charge is 0.354 e. The van der Waals surface area contributed by atoms with E-state index in [2.05, 4.69) is 10.6 Å². The number of anilines is 1. The van der Waals surface area contributed by atoms with E-state index in [0.29, 0.717) is 18.5 Å². The number of nitrogens with one attached hydrogen (secondary N) is 2. The highest BCUT2D eigenvalue weighted by molar-refractivity contribution is 7.09. The van der Waals surface area contributed by atoms with Gasteiger partial charge in [0.05, 0.1) is 6.54 Å². The van der Waals surface area contributed by atoms with Gasteiger partial charge in [0.25, 0.3) is 5.91 Å². The summed E-state index contributed by atoms with van der Waals surface area (Å²) in [6.45, 7) is 1.21. The Morgan fingerprint density at radius 3 is 2.58 bits per heavy atom. The standard InChI is InChI=1S/C19H21N3O3S/c23-17(20-10-9-16-3-2-12-26-16)13-21-19(25)14-5-7-15(8-6-14)22-11-1-4-18(22)24/h2-3,5-8,12H,1,4,9-11,13H2,(H,20,23)(H,21,25). The molecular formula is C19H21N3O3S. The molecule has 26 heavy (non-hydrogen) atoms. The number of rotatable bonds is 7. The first-order valence-electron chi connectivity index (χ1n) is 8.61. The predicted molar refractivity (Wildman–Crippen MR) is 101 cm³/mol. The maximum atomic E-state index is 12.1. The average Bonchev–Trinajstić information content (AvgIpc) is 3.31. The molecule has 3 amide bonds. The molecule has 0 aliphatic carbocycles. The van der Waals surface area contributed by atoms with Crippen molar-refractivity contribution in [2.75, 3.05) is 24.5 Å². The molecule has 0 bridgehead atoms. The van der Waals surface area contributed by atoms with Crippen LogP contribution >= 0.6 is 11.3 Å². The van der Waals surface area contributed by atoms with Crippen molar-refractivity contribution in [3.63, 3.8) is 0 Å². The molecule has 2 aromatic rings. The summed E-state index contributed by atoms with van der Waals surface area (Å²) in [4.78, 5) is 38.6. The van der Waals surface area contributed by atoms with Crippen molar-refractivity contribution in [1.82, 2.24) is 10.6 Å². The van der Waals surface area contributed by atoms with Crippen molar-refractivity contribution >= 4 is 34.7 Å². The molecule has 0 atom stereocenters. The first-order chi connectivity index (χ1) is 12.6. The molecule has 0 radical (unpaired) electrons. The van der Waals surface area contributed by atoms with Crippen LogP contribution in [0.25, 0.3) is 0 Å². The van der Waals surface area contributed by atoms with Crippen LogP contribution in [0.5, 0.6) is 0 Å². The molecule has 6 nitrogen and oxygen atoms in total. The van der Waals surface area contributed by atoms with Crippen LogP contribution in [0.3, 0.4) is 0 Å². The van der Waals surface area contributed by atoms with Gasteiger partial charge in [-0.05, 0) is 48.6 Å². The number of hydrogen-bond donors (Lipinski definition) is 2. The number of carbonyl (C=O) groups excluding carboxylic acids is 3. The smallest absolute Gasteiger partial charge is 0.251 e. The van der Waals surface area contributed by atoms with Crippen LogP contribution in [0.1, 0.15) is 28.1 Å². The summed E-state index contributed by atoms with van der Waals surface area (Å²) >= 11 is 1.65. The fraction of sp³-hybridized carbons (Fsp3) is 0.316. The van der Waals surface area contributed by atoms with Crippen molar-refractivity contribution < 1.29 is 14.4 Å². The second kappa shape index (κ2) is 8.62. The van der Waals surface area contributed by atoms with Gasteiger partial charge in [-0.2, -0.15) is 0 Å². The molecular weight excluding hydrogens is 350 g/mol. The van der Waals surface area contributed by atoms with Crippen LogP contribution in [0.2, 0.25) is 0 Å². The minimum Gasteiger partial charge on any atom is -0.354 e. The molecule has 2 heterocycles. The van der Waals surface area contributed by atoms with E-state index in [4.69, 9.17) is 0 Å². The molecule has 7 heteroatoms. The summed E-state index contributed by atoms with van der Waals surface area (Å²) in [6.07, 6.45) is 2.22. The lowest BCUT2D eigenvalue weighted by atomic mass is 10.2. The Balaban J connectivity index is 1.42. The summed E-state index contributed by atoms with van der Waals surface area (Å²) in [5, 5.41) is 7.40. The van der Waals surface area contributed by atoms with Crippen LogP contribution < -0.4 is 15.5 Å². The highest BCUT2D eigenvalue weighted by Crippen LogP contribution is 2.21. The van der Waals surface area contributed by atoms with Gasteiger partial charge < -0.3 is 15.5 Å². The van der Waals surface area contributed by atoms with Gasteiger partial charge in [0.15, 0.2) is 0 Å². The highest BCUT2D eigenvalue weighted by atomic mass is 32.1. The number of thiophene rings is 1. The summed E-state index contributed by atoms with van der Waals surface area (Å²) in [7, 11) is 0. The summed E-state index contributed by atoms with van der Waals surface area (Å²) < 4.78 is 0. The average molecular weight is 371 g/mol. The van der Waals surface area contributed by atoms with Crippen LogP contribution in [-0.2, 0) is 16.0 Å². The zero-order valence-corrected chi connectivity index (χ0v) is 15.2. The summed E-state index contributed by atoms with van der Waals surface area (Å²) in [5.41, 5.74) is 1.27. The first-order valence-corrected chi connectivity index (χ1v) is 9.49. The van der Waals surface area contributed by atoms with E-state index in [1.165, 1.54) is 4.88 Å². The maximum Gasteiger partial charge on any atom is 0.251 e. The van der Waals surface area contributed by atoms with Crippen molar-refractivity contribution in [2.24, 2.45) is 0 Å². The number of nitrogens with zero attached hydrogens (tertiary/aromatic N) is 1. The zero-order valence-electron chi connectivity index (χ0n) is 14.4. The van der Waals surface area contributed by atoms with E-state index < -0.39 is 0 Å². The molecule has 1 saturated heterocycles. The Hall–Kier alpha value is -2.67. The van der Waals surface area contributed by atoms with Gasteiger partial charge in [-0.25, -0.2) is 0 Å². The van der Waals surface area contributed by atoms with Crippen molar-refractivity contribution in [3.05, 3.63) is 52.2 Å². The van der Waals surface area contributed by atoms with E-state index >= 15 is 0 Å². The van der Waals surface area contributed by atoms with Gasteiger partial charge in [0.2, 0.25) is 11.8 Å². The SMILES string of the molecule is O=C(CNC(=O)c1ccc(N2CCCC2=O)cc1)NCCc1cccs1. The second-order valence-corrected chi connectivity index (χ2v) is 7.09.